The van der Waals surface area contributed by atoms with E-state index in [4.69, 9.17) is 0 Å². The van der Waals surface area contributed by atoms with Gasteiger partial charge >= 0.3 is 12.0 Å². The number of carboxylic acids is 1. The van der Waals surface area contributed by atoms with Gasteiger partial charge in [-0.2, -0.15) is 11.8 Å². The molecule has 0 aromatic rings. The predicted molar refractivity (Wildman–Crippen MR) is 84.6 cm³/mol. The molecule has 6 heteroatoms. The van der Waals surface area contributed by atoms with Gasteiger partial charge in [0.1, 0.15) is 6.04 Å². The van der Waals surface area contributed by atoms with Gasteiger partial charge in [-0.05, 0) is 37.9 Å². The number of piperidine rings is 1. The highest BCUT2D eigenvalue weighted by Gasteiger charge is 2.38. The molecule has 2 amide bonds. The number of carboxylic acid groups (broad SMARTS) is 1. The number of aliphatic carboxylic acids is 1. The lowest BCUT2D eigenvalue weighted by Gasteiger charge is -2.39. The number of likely N-dealkylation sites (tertiary alicyclic amines) is 1. The Morgan fingerprint density at radius 3 is 2.57 bits per heavy atom. The van der Waals surface area contributed by atoms with Gasteiger partial charge in [0.2, 0.25) is 0 Å². The number of carbonyl (C=O) groups is 2. The van der Waals surface area contributed by atoms with Crippen LogP contribution in [0.3, 0.4) is 0 Å². The standard InChI is InChI=1S/C15H26N2O3S/c1-10-6-5-9-17(13(10)14(18)19)15(20)16-11-7-3-4-8-12(11)21-2/h10-13H,3-9H2,1-2H3,(H,16,20)(H,18,19). The van der Waals surface area contributed by atoms with E-state index in [0.717, 1.165) is 32.1 Å². The van der Waals surface area contributed by atoms with Crippen LogP contribution in [0.25, 0.3) is 0 Å². The third kappa shape index (κ3) is 3.84. The van der Waals surface area contributed by atoms with Gasteiger partial charge in [-0.3, -0.25) is 0 Å². The lowest BCUT2D eigenvalue weighted by Crippen LogP contribution is -2.57. The van der Waals surface area contributed by atoms with Crippen LogP contribution < -0.4 is 5.32 Å². The van der Waals surface area contributed by atoms with Crippen molar-refractivity contribution in [3.8, 4) is 0 Å². The van der Waals surface area contributed by atoms with Gasteiger partial charge < -0.3 is 15.3 Å². The molecule has 120 valence electrons. The van der Waals surface area contributed by atoms with E-state index in [1.165, 1.54) is 11.3 Å². The summed E-state index contributed by atoms with van der Waals surface area (Å²) in [4.78, 5) is 25.5. The van der Waals surface area contributed by atoms with E-state index in [-0.39, 0.29) is 18.0 Å². The number of nitrogens with one attached hydrogen (secondary N) is 1. The van der Waals surface area contributed by atoms with Crippen LogP contribution in [0.1, 0.15) is 45.4 Å². The van der Waals surface area contributed by atoms with Gasteiger partial charge in [-0.15, -0.1) is 0 Å². The van der Waals surface area contributed by atoms with Gasteiger partial charge in [-0.25, -0.2) is 9.59 Å². The summed E-state index contributed by atoms with van der Waals surface area (Å²) in [6, 6.07) is -0.706. The smallest absolute Gasteiger partial charge is 0.326 e. The Bertz CT molecular complexity index is 391. The SMILES string of the molecule is CSC1CCCCC1NC(=O)N1CCCC(C)C1C(=O)O. The van der Waals surface area contributed by atoms with E-state index in [1.807, 2.05) is 6.92 Å². The van der Waals surface area contributed by atoms with Crippen molar-refractivity contribution in [2.75, 3.05) is 12.8 Å². The largest absolute Gasteiger partial charge is 0.480 e. The summed E-state index contributed by atoms with van der Waals surface area (Å²) in [5.41, 5.74) is 0. The number of hydrogen-bond donors (Lipinski definition) is 2. The second-order valence-corrected chi connectivity index (χ2v) is 7.29. The van der Waals surface area contributed by atoms with Crippen LogP contribution in [0.15, 0.2) is 0 Å². The Labute approximate surface area is 130 Å². The van der Waals surface area contributed by atoms with Crippen LogP contribution in [-0.2, 0) is 4.79 Å². The number of hydrogen-bond acceptors (Lipinski definition) is 3. The monoisotopic (exact) mass is 314 g/mol. The molecule has 0 radical (unpaired) electrons. The third-order valence-electron chi connectivity index (χ3n) is 4.76. The number of urea groups is 1. The van der Waals surface area contributed by atoms with Crippen molar-refractivity contribution < 1.29 is 14.7 Å². The van der Waals surface area contributed by atoms with Crippen LogP contribution in [-0.4, -0.2) is 52.1 Å². The Morgan fingerprint density at radius 1 is 1.19 bits per heavy atom. The summed E-state index contributed by atoms with van der Waals surface area (Å²) in [6.07, 6.45) is 8.32. The summed E-state index contributed by atoms with van der Waals surface area (Å²) in [6.45, 7) is 2.47. The fraction of sp³-hybridized carbons (Fsp3) is 0.867. The highest BCUT2D eigenvalue weighted by molar-refractivity contribution is 7.99. The first kappa shape index (κ1) is 16.5. The fourth-order valence-corrected chi connectivity index (χ4v) is 4.51. The van der Waals surface area contributed by atoms with E-state index in [1.54, 1.807) is 11.8 Å². The van der Waals surface area contributed by atoms with E-state index < -0.39 is 12.0 Å². The molecule has 2 aliphatic rings. The number of thioether (sulfide) groups is 1. The minimum absolute atomic E-state index is 0.0182. The summed E-state index contributed by atoms with van der Waals surface area (Å²) in [7, 11) is 0. The van der Waals surface area contributed by atoms with Gasteiger partial charge in [0.25, 0.3) is 0 Å². The third-order valence-corrected chi connectivity index (χ3v) is 5.93. The number of amides is 2. The maximum Gasteiger partial charge on any atom is 0.326 e. The van der Waals surface area contributed by atoms with Gasteiger partial charge in [0.05, 0.1) is 0 Å². The molecule has 1 saturated carbocycles. The molecule has 2 rings (SSSR count). The normalized spacial score (nSPS) is 33.5. The molecule has 2 N–H and O–H groups in total. The van der Waals surface area contributed by atoms with E-state index >= 15 is 0 Å². The molecule has 0 aromatic heterocycles. The van der Waals surface area contributed by atoms with Gasteiger partial charge in [0, 0.05) is 17.8 Å². The molecule has 21 heavy (non-hydrogen) atoms. The molecule has 1 aliphatic carbocycles. The summed E-state index contributed by atoms with van der Waals surface area (Å²) < 4.78 is 0. The van der Waals surface area contributed by atoms with E-state index in [0.29, 0.717) is 11.8 Å². The highest BCUT2D eigenvalue weighted by atomic mass is 32.2. The van der Waals surface area contributed by atoms with Crippen molar-refractivity contribution in [1.82, 2.24) is 10.2 Å². The average Bonchev–Trinajstić information content (AvgIpc) is 2.47. The molecule has 1 saturated heterocycles. The summed E-state index contributed by atoms with van der Waals surface area (Å²) in [5.74, 6) is -0.868. The first-order valence-corrected chi connectivity index (χ1v) is 9.16. The molecule has 0 spiro atoms. The molecular formula is C15H26N2O3S. The number of carbonyl (C=O) groups excluding carboxylic acids is 1. The van der Waals surface area contributed by atoms with Crippen LogP contribution in [0.2, 0.25) is 0 Å². The van der Waals surface area contributed by atoms with Gasteiger partial charge in [0.15, 0.2) is 0 Å². The molecular weight excluding hydrogens is 288 g/mol. The zero-order valence-electron chi connectivity index (χ0n) is 12.9. The number of nitrogens with zero attached hydrogens (tertiary/aromatic N) is 1. The maximum atomic E-state index is 12.5. The summed E-state index contributed by atoms with van der Waals surface area (Å²) >= 11 is 1.80. The molecule has 0 bridgehead atoms. The van der Waals surface area contributed by atoms with Crippen molar-refractivity contribution in [3.05, 3.63) is 0 Å². The fourth-order valence-electron chi connectivity index (χ4n) is 3.58. The number of rotatable bonds is 3. The van der Waals surface area contributed by atoms with Crippen LogP contribution in [0, 0.1) is 5.92 Å². The molecule has 1 heterocycles. The zero-order chi connectivity index (χ0) is 15.4. The minimum Gasteiger partial charge on any atom is -0.480 e. The summed E-state index contributed by atoms with van der Waals surface area (Å²) in [5, 5.41) is 13.0. The maximum absolute atomic E-state index is 12.5. The van der Waals surface area contributed by atoms with Crippen molar-refractivity contribution in [3.63, 3.8) is 0 Å². The first-order valence-electron chi connectivity index (χ1n) is 7.87. The quantitative estimate of drug-likeness (QED) is 0.840. The van der Waals surface area contributed by atoms with Crippen molar-refractivity contribution in [2.24, 2.45) is 5.92 Å². The van der Waals surface area contributed by atoms with Crippen molar-refractivity contribution >= 4 is 23.8 Å². The minimum atomic E-state index is -0.887. The molecule has 4 unspecified atom stereocenters. The molecule has 1 aliphatic heterocycles. The second kappa shape index (κ2) is 7.38. The second-order valence-electron chi connectivity index (χ2n) is 6.21. The first-order chi connectivity index (χ1) is 10.0. The highest BCUT2D eigenvalue weighted by Crippen LogP contribution is 2.28. The van der Waals surface area contributed by atoms with Crippen LogP contribution >= 0.6 is 11.8 Å². The van der Waals surface area contributed by atoms with E-state index in [9.17, 15) is 14.7 Å². The van der Waals surface area contributed by atoms with Crippen molar-refractivity contribution in [1.29, 1.82) is 0 Å². The molecule has 4 atom stereocenters. The lowest BCUT2D eigenvalue weighted by atomic mass is 9.91. The molecule has 2 fully saturated rings. The van der Waals surface area contributed by atoms with Crippen molar-refractivity contribution in [2.45, 2.75) is 62.8 Å². The Balaban J connectivity index is 2.02. The average molecular weight is 314 g/mol. The molecule has 0 aromatic carbocycles. The zero-order valence-corrected chi connectivity index (χ0v) is 13.7. The topological polar surface area (TPSA) is 69.6 Å². The lowest BCUT2D eigenvalue weighted by molar-refractivity contribution is -0.145. The Hall–Kier alpha value is -0.910. The van der Waals surface area contributed by atoms with Gasteiger partial charge in [-0.1, -0.05) is 19.8 Å². The van der Waals surface area contributed by atoms with Crippen LogP contribution in [0.5, 0.6) is 0 Å². The van der Waals surface area contributed by atoms with Crippen LogP contribution in [0.4, 0.5) is 4.79 Å². The molecule has 5 nitrogen and oxygen atoms in total. The Morgan fingerprint density at radius 2 is 1.90 bits per heavy atom. The predicted octanol–water partition coefficient (Wildman–Crippen LogP) is 2.56. The Kier molecular flexibility index (Phi) is 5.79. The van der Waals surface area contributed by atoms with E-state index in [2.05, 4.69) is 11.6 Å².